The monoisotopic (exact) mass is 624 g/mol. The highest BCUT2D eigenvalue weighted by molar-refractivity contribution is 5.80. The van der Waals surface area contributed by atoms with Crippen LogP contribution in [0.25, 0.3) is 11.1 Å². The topological polar surface area (TPSA) is 107 Å². The molecule has 0 aromatic heterocycles. The predicted molar refractivity (Wildman–Crippen MR) is 162 cm³/mol. The second-order valence-electron chi connectivity index (χ2n) is 12.8. The second kappa shape index (κ2) is 14.9. The summed E-state index contributed by atoms with van der Waals surface area (Å²) >= 11 is 0. The molecule has 4 fully saturated rings. The van der Waals surface area contributed by atoms with Crippen LogP contribution < -0.4 is 9.47 Å². The molecule has 45 heavy (non-hydrogen) atoms. The van der Waals surface area contributed by atoms with E-state index in [1.807, 2.05) is 18.2 Å². The van der Waals surface area contributed by atoms with Crippen LogP contribution in [-0.4, -0.2) is 83.3 Å². The van der Waals surface area contributed by atoms with Crippen LogP contribution in [0.3, 0.4) is 0 Å². The molecule has 10 nitrogen and oxygen atoms in total. The standard InChI is InChI=1S/C35H44O10/c36-35(23-1-3-26(4-2-23)41-20-37-16-31-18-39-31)45-30-10-12-34-25(15-30)13-24-14-29(9-11-33(24)34)44-22-43-28-7-5-27(6-8-28)42-21-38-17-32-19-40-32/h9-12,14-15,23,26-28,31-32H,1-8,13,16-22H2. The van der Waals surface area contributed by atoms with E-state index < -0.39 is 0 Å². The molecule has 2 aliphatic heterocycles. The molecular weight excluding hydrogens is 580 g/mol. The van der Waals surface area contributed by atoms with Gasteiger partial charge in [0.25, 0.3) is 0 Å². The minimum atomic E-state index is -0.156. The van der Waals surface area contributed by atoms with Crippen molar-refractivity contribution in [2.75, 3.05) is 46.8 Å². The number of esters is 1. The molecule has 2 atom stereocenters. The molecule has 2 aromatic rings. The van der Waals surface area contributed by atoms with Crippen molar-refractivity contribution >= 4 is 5.97 Å². The molecule has 0 bridgehead atoms. The van der Waals surface area contributed by atoms with Crippen molar-refractivity contribution in [3.8, 4) is 22.6 Å². The smallest absolute Gasteiger partial charge is 0.314 e. The summed E-state index contributed by atoms with van der Waals surface area (Å²) in [4.78, 5) is 12.9. The van der Waals surface area contributed by atoms with Crippen LogP contribution in [-0.2, 0) is 44.4 Å². The van der Waals surface area contributed by atoms with Gasteiger partial charge >= 0.3 is 5.97 Å². The van der Waals surface area contributed by atoms with Gasteiger partial charge in [0.05, 0.1) is 50.7 Å². The van der Waals surface area contributed by atoms with Gasteiger partial charge in [0.1, 0.15) is 37.3 Å². The van der Waals surface area contributed by atoms with Gasteiger partial charge in [0, 0.05) is 0 Å². The summed E-state index contributed by atoms with van der Waals surface area (Å²) in [6.07, 6.45) is 8.85. The Morgan fingerprint density at radius 1 is 0.644 bits per heavy atom. The number of fused-ring (bicyclic) bond motifs is 3. The summed E-state index contributed by atoms with van der Waals surface area (Å²) in [6, 6.07) is 12.1. The van der Waals surface area contributed by atoms with E-state index in [1.54, 1.807) is 0 Å². The van der Waals surface area contributed by atoms with E-state index in [0.29, 0.717) is 25.8 Å². The van der Waals surface area contributed by atoms with Crippen molar-refractivity contribution in [2.45, 2.75) is 88.3 Å². The van der Waals surface area contributed by atoms with E-state index in [4.69, 9.17) is 42.6 Å². The molecule has 5 aliphatic rings. The van der Waals surface area contributed by atoms with Gasteiger partial charge in [-0.2, -0.15) is 0 Å². The lowest BCUT2D eigenvalue weighted by Gasteiger charge is -2.28. The van der Waals surface area contributed by atoms with Crippen LogP contribution in [0, 0.1) is 5.92 Å². The van der Waals surface area contributed by atoms with Gasteiger partial charge in [0.15, 0.2) is 6.79 Å². The van der Waals surface area contributed by atoms with Crippen LogP contribution in [0.4, 0.5) is 0 Å². The number of ether oxygens (including phenoxy) is 9. The third kappa shape index (κ3) is 8.83. The van der Waals surface area contributed by atoms with Crippen LogP contribution in [0.15, 0.2) is 36.4 Å². The van der Waals surface area contributed by atoms with Crippen molar-refractivity contribution in [2.24, 2.45) is 5.92 Å². The zero-order valence-corrected chi connectivity index (χ0v) is 25.8. The highest BCUT2D eigenvalue weighted by Gasteiger charge is 2.30. The lowest BCUT2D eigenvalue weighted by molar-refractivity contribution is -0.143. The molecule has 2 saturated carbocycles. The molecule has 0 N–H and O–H groups in total. The second-order valence-corrected chi connectivity index (χ2v) is 12.8. The average molecular weight is 625 g/mol. The molecule has 0 spiro atoms. The molecule has 2 heterocycles. The highest BCUT2D eigenvalue weighted by Crippen LogP contribution is 2.40. The number of benzene rings is 2. The first kappa shape index (κ1) is 31.1. The van der Waals surface area contributed by atoms with Crippen LogP contribution in [0.2, 0.25) is 0 Å². The first-order valence-corrected chi connectivity index (χ1v) is 16.5. The minimum Gasteiger partial charge on any atom is -0.468 e. The number of hydrogen-bond donors (Lipinski definition) is 0. The minimum absolute atomic E-state index is 0.103. The molecule has 0 amide bonds. The van der Waals surface area contributed by atoms with Crippen molar-refractivity contribution < 1.29 is 47.4 Å². The fourth-order valence-electron chi connectivity index (χ4n) is 6.52. The maximum atomic E-state index is 12.9. The number of carbonyl (C=O) groups is 1. The van der Waals surface area contributed by atoms with E-state index in [1.165, 1.54) is 16.7 Å². The Hall–Kier alpha value is -2.57. The van der Waals surface area contributed by atoms with Crippen LogP contribution in [0.1, 0.15) is 62.5 Å². The summed E-state index contributed by atoms with van der Waals surface area (Å²) in [5.41, 5.74) is 4.72. The zero-order chi connectivity index (χ0) is 30.4. The van der Waals surface area contributed by atoms with Crippen molar-refractivity contribution in [3.63, 3.8) is 0 Å². The number of rotatable bonds is 16. The average Bonchev–Trinajstić information content (AvgIpc) is 4.00. The quantitative estimate of drug-likeness (QED) is 0.0697. The summed E-state index contributed by atoms with van der Waals surface area (Å²) in [5.74, 6) is 1.14. The Kier molecular flexibility index (Phi) is 10.3. The Bertz CT molecular complexity index is 1280. The molecule has 2 aromatic carbocycles. The van der Waals surface area contributed by atoms with E-state index in [9.17, 15) is 4.79 Å². The Labute approximate surface area is 264 Å². The normalized spacial score (nSPS) is 28.3. The van der Waals surface area contributed by atoms with E-state index in [0.717, 1.165) is 82.3 Å². The number of epoxide rings is 2. The molecule has 3 aliphatic carbocycles. The van der Waals surface area contributed by atoms with Gasteiger partial charge in [0.2, 0.25) is 0 Å². The van der Waals surface area contributed by atoms with Crippen molar-refractivity contribution in [3.05, 3.63) is 47.5 Å². The Morgan fingerprint density at radius 2 is 1.13 bits per heavy atom. The maximum absolute atomic E-state index is 12.9. The fourth-order valence-corrected chi connectivity index (χ4v) is 6.52. The number of carbonyl (C=O) groups excluding carboxylic acids is 1. The van der Waals surface area contributed by atoms with E-state index in [2.05, 4.69) is 18.2 Å². The molecule has 7 rings (SSSR count). The third-order valence-corrected chi connectivity index (χ3v) is 9.39. The Balaban J connectivity index is 0.809. The van der Waals surface area contributed by atoms with Gasteiger partial charge in [-0.25, -0.2) is 0 Å². The van der Waals surface area contributed by atoms with Crippen LogP contribution >= 0.6 is 0 Å². The molecule has 2 unspecified atom stereocenters. The SMILES string of the molecule is O=C(Oc1ccc2c(c1)Cc1cc(OCOC3CCC(OCOCC4CO4)CC3)ccc1-2)C1CCC(OCOCC2CO2)CC1. The van der Waals surface area contributed by atoms with Crippen LogP contribution in [0.5, 0.6) is 11.5 Å². The predicted octanol–water partition coefficient (Wildman–Crippen LogP) is 5.17. The zero-order valence-electron chi connectivity index (χ0n) is 25.8. The molecule has 244 valence electrons. The van der Waals surface area contributed by atoms with Gasteiger partial charge in [-0.3, -0.25) is 4.79 Å². The molecule has 10 heteroatoms. The summed E-state index contributed by atoms with van der Waals surface area (Å²) < 4.78 is 50.7. The highest BCUT2D eigenvalue weighted by atomic mass is 16.7. The molecular formula is C35H44O10. The fraction of sp³-hybridized carbons (Fsp3) is 0.629. The molecule has 2 saturated heterocycles. The lowest BCUT2D eigenvalue weighted by Crippen LogP contribution is -2.29. The van der Waals surface area contributed by atoms with Gasteiger partial charge < -0.3 is 42.6 Å². The van der Waals surface area contributed by atoms with Gasteiger partial charge in [-0.1, -0.05) is 12.1 Å². The van der Waals surface area contributed by atoms with E-state index >= 15 is 0 Å². The van der Waals surface area contributed by atoms with Gasteiger partial charge in [-0.05, 0) is 104 Å². The summed E-state index contributed by atoms with van der Waals surface area (Å²) in [5, 5.41) is 0. The van der Waals surface area contributed by atoms with Crippen molar-refractivity contribution in [1.82, 2.24) is 0 Å². The first-order chi connectivity index (χ1) is 22.2. The number of hydrogen-bond acceptors (Lipinski definition) is 10. The lowest BCUT2D eigenvalue weighted by atomic mass is 9.87. The first-order valence-electron chi connectivity index (χ1n) is 16.5. The summed E-state index contributed by atoms with van der Waals surface area (Å²) in [7, 11) is 0. The maximum Gasteiger partial charge on any atom is 0.314 e. The molecule has 0 radical (unpaired) electrons. The third-order valence-electron chi connectivity index (χ3n) is 9.39. The summed E-state index contributed by atoms with van der Waals surface area (Å²) in [6.45, 7) is 3.63. The Morgan fingerprint density at radius 3 is 1.69 bits per heavy atom. The van der Waals surface area contributed by atoms with Crippen molar-refractivity contribution in [1.29, 1.82) is 0 Å². The largest absolute Gasteiger partial charge is 0.468 e. The van der Waals surface area contributed by atoms with E-state index in [-0.39, 0.29) is 56.0 Å². The van der Waals surface area contributed by atoms with Gasteiger partial charge in [-0.15, -0.1) is 0 Å².